The predicted octanol–water partition coefficient (Wildman–Crippen LogP) is 1.39. The Balaban J connectivity index is 1.43. The Morgan fingerprint density at radius 3 is 2.69 bits per heavy atom. The van der Waals surface area contributed by atoms with Crippen LogP contribution in [0.1, 0.15) is 40.0 Å². The minimum Gasteiger partial charge on any atom is -0.346 e. The number of nitrogens with one attached hydrogen (secondary N) is 2. The fraction of sp³-hybridized carbons (Fsp3) is 0.286. The number of fused-ring (bicyclic) bond motifs is 1. The average Bonchev–Trinajstić information content (AvgIpc) is 3.08. The SMILES string of the molecule is O=C1CC[C@@H](N2Cc3cc(CNC(=O)C(F)(F)c4ccc(F)cn4)ccc3C2=O)C(=O)N1. The lowest BCUT2D eigenvalue weighted by Crippen LogP contribution is -2.52. The van der Waals surface area contributed by atoms with E-state index in [0.29, 0.717) is 22.9 Å². The number of hydrogen-bond acceptors (Lipinski definition) is 5. The molecule has 0 spiro atoms. The van der Waals surface area contributed by atoms with Gasteiger partial charge in [0.15, 0.2) is 0 Å². The second-order valence-corrected chi connectivity index (χ2v) is 7.51. The molecule has 1 saturated heterocycles. The molecule has 0 unspecified atom stereocenters. The lowest BCUT2D eigenvalue weighted by molar-refractivity contribution is -0.147. The summed E-state index contributed by atoms with van der Waals surface area (Å²) in [6, 6.07) is 5.37. The third-order valence-corrected chi connectivity index (χ3v) is 5.38. The molecule has 2 aromatic rings. The predicted molar refractivity (Wildman–Crippen MR) is 102 cm³/mol. The number of nitrogens with zero attached hydrogens (tertiary/aromatic N) is 2. The van der Waals surface area contributed by atoms with Gasteiger partial charge in [0.25, 0.3) is 11.8 Å². The molecule has 32 heavy (non-hydrogen) atoms. The highest BCUT2D eigenvalue weighted by atomic mass is 19.3. The summed E-state index contributed by atoms with van der Waals surface area (Å²) >= 11 is 0. The van der Waals surface area contributed by atoms with Gasteiger partial charge in [-0.1, -0.05) is 12.1 Å². The highest BCUT2D eigenvalue weighted by Crippen LogP contribution is 2.29. The first-order chi connectivity index (χ1) is 15.2. The van der Waals surface area contributed by atoms with Gasteiger partial charge in [-0.15, -0.1) is 0 Å². The molecule has 1 aromatic heterocycles. The van der Waals surface area contributed by atoms with Crippen LogP contribution in [0, 0.1) is 5.82 Å². The maximum absolute atomic E-state index is 14.3. The van der Waals surface area contributed by atoms with E-state index < -0.39 is 35.3 Å². The molecule has 4 amide bonds. The van der Waals surface area contributed by atoms with Crippen LogP contribution in [0.3, 0.4) is 0 Å². The molecule has 1 aromatic carbocycles. The number of amides is 4. The number of hydrogen-bond donors (Lipinski definition) is 2. The maximum atomic E-state index is 14.3. The van der Waals surface area contributed by atoms with E-state index in [1.807, 2.05) is 0 Å². The van der Waals surface area contributed by atoms with Crippen molar-refractivity contribution in [2.24, 2.45) is 0 Å². The van der Waals surface area contributed by atoms with Crippen molar-refractivity contribution in [3.8, 4) is 0 Å². The van der Waals surface area contributed by atoms with Crippen LogP contribution in [0.4, 0.5) is 13.2 Å². The molecule has 2 aliphatic heterocycles. The summed E-state index contributed by atoms with van der Waals surface area (Å²) < 4.78 is 41.4. The maximum Gasteiger partial charge on any atom is 0.366 e. The van der Waals surface area contributed by atoms with Gasteiger partial charge in [0.2, 0.25) is 11.8 Å². The lowest BCUT2D eigenvalue weighted by atomic mass is 10.0. The number of carbonyl (C=O) groups is 4. The number of rotatable bonds is 5. The number of piperidine rings is 1. The molecule has 0 radical (unpaired) electrons. The molecule has 1 atom stereocenters. The van der Waals surface area contributed by atoms with Gasteiger partial charge < -0.3 is 10.2 Å². The Morgan fingerprint density at radius 1 is 1.22 bits per heavy atom. The molecule has 2 N–H and O–H groups in total. The summed E-state index contributed by atoms with van der Waals surface area (Å²) in [4.78, 5) is 52.7. The van der Waals surface area contributed by atoms with Crippen molar-refractivity contribution in [2.45, 2.75) is 37.9 Å². The summed E-state index contributed by atoms with van der Waals surface area (Å²) in [6.45, 7) is -0.118. The first kappa shape index (κ1) is 21.5. The number of benzene rings is 1. The van der Waals surface area contributed by atoms with E-state index in [1.54, 1.807) is 6.07 Å². The largest absolute Gasteiger partial charge is 0.366 e. The summed E-state index contributed by atoms with van der Waals surface area (Å²) in [5.41, 5.74) is 0.540. The molecule has 0 bridgehead atoms. The van der Waals surface area contributed by atoms with Crippen LogP contribution in [0.2, 0.25) is 0 Å². The van der Waals surface area contributed by atoms with E-state index in [9.17, 15) is 32.3 Å². The summed E-state index contributed by atoms with van der Waals surface area (Å²) in [7, 11) is 0. The van der Waals surface area contributed by atoms with Crippen LogP contribution in [0.15, 0.2) is 36.5 Å². The second-order valence-electron chi connectivity index (χ2n) is 7.51. The molecule has 166 valence electrons. The van der Waals surface area contributed by atoms with Crippen molar-refractivity contribution in [1.82, 2.24) is 20.5 Å². The number of aromatic nitrogens is 1. The van der Waals surface area contributed by atoms with Crippen LogP contribution < -0.4 is 10.6 Å². The highest BCUT2D eigenvalue weighted by Gasteiger charge is 2.42. The zero-order valence-corrected chi connectivity index (χ0v) is 16.5. The highest BCUT2D eigenvalue weighted by molar-refractivity contribution is 6.05. The molecule has 8 nitrogen and oxygen atoms in total. The van der Waals surface area contributed by atoms with E-state index in [4.69, 9.17) is 0 Å². The van der Waals surface area contributed by atoms with Crippen LogP contribution in [-0.4, -0.2) is 39.6 Å². The van der Waals surface area contributed by atoms with Crippen molar-refractivity contribution in [3.05, 3.63) is 64.7 Å². The molecule has 0 saturated carbocycles. The van der Waals surface area contributed by atoms with E-state index in [-0.39, 0.29) is 37.7 Å². The molecule has 11 heteroatoms. The van der Waals surface area contributed by atoms with Crippen molar-refractivity contribution in [3.63, 3.8) is 0 Å². The number of pyridine rings is 1. The van der Waals surface area contributed by atoms with Gasteiger partial charge in [-0.2, -0.15) is 8.78 Å². The summed E-state index contributed by atoms with van der Waals surface area (Å²) in [5, 5.41) is 4.33. The fourth-order valence-electron chi connectivity index (χ4n) is 3.71. The number of halogens is 3. The van der Waals surface area contributed by atoms with Gasteiger partial charge in [-0.25, -0.2) is 4.39 Å². The van der Waals surface area contributed by atoms with Crippen LogP contribution in [0.25, 0.3) is 0 Å². The molecule has 2 aliphatic rings. The normalized spacial score (nSPS) is 18.4. The van der Waals surface area contributed by atoms with E-state index in [1.165, 1.54) is 17.0 Å². The zero-order valence-electron chi connectivity index (χ0n) is 16.5. The molecule has 0 aliphatic carbocycles. The zero-order chi connectivity index (χ0) is 23.0. The van der Waals surface area contributed by atoms with Gasteiger partial charge in [0.05, 0.1) is 6.20 Å². The molecule has 4 rings (SSSR count). The molecule has 3 heterocycles. The quantitative estimate of drug-likeness (QED) is 0.675. The Morgan fingerprint density at radius 2 is 2.00 bits per heavy atom. The average molecular weight is 446 g/mol. The molecular formula is C21H17F3N4O4. The standard InChI is InChI=1S/C21H17F3N4O4/c22-13-2-5-16(25-9-13)21(23,24)20(32)26-8-11-1-3-14-12(7-11)10-28(19(14)31)15-4-6-17(29)27-18(15)30/h1-3,5,7,9,15H,4,6,8,10H2,(H,26,32)(H,27,29,30)/t15-/m1/s1. The Hall–Kier alpha value is -3.76. The number of imide groups is 1. The summed E-state index contributed by atoms with van der Waals surface area (Å²) in [5.74, 6) is -7.64. The van der Waals surface area contributed by atoms with Crippen molar-refractivity contribution < 1.29 is 32.3 Å². The van der Waals surface area contributed by atoms with Crippen LogP contribution in [-0.2, 0) is 33.4 Å². The topological polar surface area (TPSA) is 108 Å². The Labute approximate surface area is 179 Å². The minimum absolute atomic E-state index is 0.123. The first-order valence-corrected chi connectivity index (χ1v) is 9.71. The van der Waals surface area contributed by atoms with E-state index in [2.05, 4.69) is 15.6 Å². The monoisotopic (exact) mass is 446 g/mol. The third kappa shape index (κ3) is 3.93. The molecular weight excluding hydrogens is 429 g/mol. The smallest absolute Gasteiger partial charge is 0.346 e. The van der Waals surface area contributed by atoms with Crippen molar-refractivity contribution >= 4 is 23.6 Å². The van der Waals surface area contributed by atoms with E-state index in [0.717, 1.165) is 12.1 Å². The van der Waals surface area contributed by atoms with Crippen molar-refractivity contribution in [1.29, 1.82) is 0 Å². The van der Waals surface area contributed by atoms with E-state index >= 15 is 0 Å². The number of alkyl halides is 2. The second kappa shape index (κ2) is 8.06. The Kier molecular flexibility index (Phi) is 5.41. The van der Waals surface area contributed by atoms with Gasteiger partial charge in [-0.05, 0) is 35.7 Å². The van der Waals surface area contributed by atoms with Gasteiger partial charge in [0.1, 0.15) is 17.6 Å². The number of carbonyl (C=O) groups excluding carboxylic acids is 4. The van der Waals surface area contributed by atoms with Crippen LogP contribution >= 0.6 is 0 Å². The Bertz CT molecular complexity index is 1120. The summed E-state index contributed by atoms with van der Waals surface area (Å²) in [6.07, 6.45) is 0.951. The van der Waals surface area contributed by atoms with Gasteiger partial charge in [-0.3, -0.25) is 29.5 Å². The molecule has 1 fully saturated rings. The van der Waals surface area contributed by atoms with Gasteiger partial charge >= 0.3 is 5.92 Å². The van der Waals surface area contributed by atoms with Crippen molar-refractivity contribution in [2.75, 3.05) is 0 Å². The third-order valence-electron chi connectivity index (χ3n) is 5.38. The lowest BCUT2D eigenvalue weighted by Gasteiger charge is -2.29. The van der Waals surface area contributed by atoms with Crippen LogP contribution in [0.5, 0.6) is 0 Å². The van der Waals surface area contributed by atoms with Gasteiger partial charge in [0, 0.05) is 25.1 Å². The minimum atomic E-state index is -3.96. The first-order valence-electron chi connectivity index (χ1n) is 9.71. The fourth-order valence-corrected chi connectivity index (χ4v) is 3.71.